The molecule has 0 saturated heterocycles. The molecule has 9 heavy (non-hydrogen) atoms. The van der Waals surface area contributed by atoms with E-state index in [-0.39, 0.29) is 29.6 Å². The van der Waals surface area contributed by atoms with Crippen molar-refractivity contribution in [2.24, 2.45) is 0 Å². The van der Waals surface area contributed by atoms with Crippen LogP contribution < -0.4 is 40.0 Å². The van der Waals surface area contributed by atoms with Crippen molar-refractivity contribution in [3.05, 3.63) is 0 Å². The van der Waals surface area contributed by atoms with E-state index in [4.69, 9.17) is 9.90 Å². The van der Waals surface area contributed by atoms with Gasteiger partial charge in [-0.15, -0.1) is 12.6 Å². The molecule has 0 radical (unpaired) electrons. The maximum absolute atomic E-state index is 8.25. The first-order valence-electron chi connectivity index (χ1n) is 1.65. The largest absolute Gasteiger partial charge is 1.00 e. The van der Waals surface area contributed by atoms with Crippen LogP contribution in [-0.2, 0) is 4.79 Å². The Hall–Kier alpha value is 0.710. The zero-order valence-corrected chi connectivity index (χ0v) is 8.96. The summed E-state index contributed by atoms with van der Waals surface area (Å²) in [4.78, 5) is 8.25. The first-order chi connectivity index (χ1) is 3.68. The molecule has 6 heteroatoms. The summed E-state index contributed by atoms with van der Waals surface area (Å²) in [5, 5.41) is 10.9. The fourth-order valence-electron chi connectivity index (χ4n) is 0. The van der Waals surface area contributed by atoms with Crippen LogP contribution in [0, 0.1) is 0 Å². The van der Waals surface area contributed by atoms with Crippen molar-refractivity contribution in [3.63, 3.8) is 0 Å². The predicted molar refractivity (Wildman–Crippen MR) is 36.7 cm³/mol. The molecule has 0 fully saturated rings. The molecule has 3 nitrogen and oxygen atoms in total. The summed E-state index contributed by atoms with van der Waals surface area (Å²) in [6, 6.07) is 0. The molecule has 0 atom stereocenters. The van der Waals surface area contributed by atoms with Crippen molar-refractivity contribution in [1.82, 2.24) is 5.32 Å². The van der Waals surface area contributed by atoms with E-state index in [1.54, 1.807) is 7.05 Å². The van der Waals surface area contributed by atoms with Gasteiger partial charge < -0.3 is 15.2 Å². The van der Waals surface area contributed by atoms with E-state index >= 15 is 0 Å². The summed E-state index contributed by atoms with van der Waals surface area (Å²) in [6.07, 6.45) is 0. The molecule has 0 spiro atoms. The second-order valence-electron chi connectivity index (χ2n) is 0.651. The van der Waals surface area contributed by atoms with E-state index in [0.29, 0.717) is 4.32 Å². The van der Waals surface area contributed by atoms with Crippen LogP contribution in [0.5, 0.6) is 0 Å². The Bertz CT molecular complexity index is 80.2. The second-order valence-corrected chi connectivity index (χ2v) is 1.81. The number of thiol groups is 1. The average Bonchev–Trinajstić information content (AvgIpc) is 1.69. The van der Waals surface area contributed by atoms with E-state index in [1.165, 1.54) is 0 Å². The summed E-state index contributed by atoms with van der Waals surface area (Å²) in [5.41, 5.74) is 0. The number of carboxylic acid groups (broad SMARTS) is 1. The van der Waals surface area contributed by atoms with Crippen LogP contribution in [0.1, 0.15) is 0 Å². The molecule has 0 unspecified atom stereocenters. The molecule has 0 heterocycles. The molecular formula is C3H6NNaO2S2. The van der Waals surface area contributed by atoms with Gasteiger partial charge in [-0.3, -0.25) is 0 Å². The number of hydrogen-bond donors (Lipinski definition) is 2. The van der Waals surface area contributed by atoms with E-state index in [2.05, 4.69) is 30.2 Å². The number of thiocarbonyl (C=S) groups is 1. The van der Waals surface area contributed by atoms with Crippen LogP contribution in [0.25, 0.3) is 0 Å². The normalized spacial score (nSPS) is 5.11. The minimum atomic E-state index is -0.500. The van der Waals surface area contributed by atoms with Crippen LogP contribution in [0.2, 0.25) is 0 Å². The molecule has 0 aliphatic rings. The molecule has 0 bridgehead atoms. The first-order valence-corrected chi connectivity index (χ1v) is 2.50. The maximum atomic E-state index is 8.25. The Morgan fingerprint density at radius 2 is 2.00 bits per heavy atom. The van der Waals surface area contributed by atoms with Gasteiger partial charge in [0.05, 0.1) is 0 Å². The molecule has 0 aromatic carbocycles. The van der Waals surface area contributed by atoms with Crippen molar-refractivity contribution in [3.8, 4) is 0 Å². The van der Waals surface area contributed by atoms with Crippen LogP contribution >= 0.6 is 24.8 Å². The second kappa shape index (κ2) is 15.9. The van der Waals surface area contributed by atoms with E-state index < -0.39 is 6.47 Å². The number of rotatable bonds is 0. The van der Waals surface area contributed by atoms with Gasteiger partial charge >= 0.3 is 29.6 Å². The summed E-state index contributed by atoms with van der Waals surface area (Å²) in [6.45, 7) is -0.500. The van der Waals surface area contributed by atoms with Crippen LogP contribution in [-0.4, -0.2) is 17.8 Å². The summed E-state index contributed by atoms with van der Waals surface area (Å²) >= 11 is 8.17. The SMILES string of the molecule is CNC(=S)S.O=C[O-].[Na+]. The van der Waals surface area contributed by atoms with Crippen molar-refractivity contribution in [2.75, 3.05) is 7.05 Å². The average molecular weight is 175 g/mol. The van der Waals surface area contributed by atoms with Crippen LogP contribution in [0.15, 0.2) is 0 Å². The first kappa shape index (κ1) is 16.4. The van der Waals surface area contributed by atoms with Crippen LogP contribution in [0.3, 0.4) is 0 Å². The third kappa shape index (κ3) is 53.4. The Labute approximate surface area is 86.9 Å². The number of nitrogens with one attached hydrogen (secondary N) is 1. The Balaban J connectivity index is -0.0000000800. The minimum absolute atomic E-state index is 0. The summed E-state index contributed by atoms with van der Waals surface area (Å²) < 4.78 is 0.532. The van der Waals surface area contributed by atoms with E-state index in [9.17, 15) is 0 Å². The standard InChI is InChI=1S/C2H5NS2.CH2O2.Na/c1-3-2(4)5;2-1-3;/h1H3,(H2,3,4,5);1H,(H,2,3);/q;;+1/p-1. The fraction of sp³-hybridized carbons (Fsp3) is 0.333. The van der Waals surface area contributed by atoms with Gasteiger partial charge in [0.15, 0.2) is 0 Å². The molecule has 0 aliphatic heterocycles. The van der Waals surface area contributed by atoms with Crippen LogP contribution in [0.4, 0.5) is 0 Å². The number of hydrogen-bond acceptors (Lipinski definition) is 3. The fourth-order valence-corrected chi connectivity index (χ4v) is 0. The van der Waals surface area contributed by atoms with Crippen molar-refractivity contribution in [1.29, 1.82) is 0 Å². The van der Waals surface area contributed by atoms with Gasteiger partial charge in [-0.2, -0.15) is 0 Å². The molecule has 0 aromatic heterocycles. The van der Waals surface area contributed by atoms with Gasteiger partial charge in [-0.05, 0) is 0 Å². The Kier molecular flexibility index (Phi) is 28.9. The molecule has 0 aliphatic carbocycles. The molecular weight excluding hydrogens is 169 g/mol. The molecule has 48 valence electrons. The summed E-state index contributed by atoms with van der Waals surface area (Å²) in [5.74, 6) is 0. The molecule has 0 rings (SSSR count). The third-order valence-electron chi connectivity index (χ3n) is 0.214. The molecule has 0 aromatic rings. The Morgan fingerprint density at radius 1 is 1.89 bits per heavy atom. The third-order valence-corrected chi connectivity index (χ3v) is 0.642. The number of carbonyl (C=O) groups is 1. The van der Waals surface area contributed by atoms with E-state index in [1.807, 2.05) is 0 Å². The topological polar surface area (TPSA) is 52.2 Å². The van der Waals surface area contributed by atoms with Gasteiger partial charge in [0.2, 0.25) is 0 Å². The van der Waals surface area contributed by atoms with Gasteiger partial charge in [-0.1, -0.05) is 12.2 Å². The predicted octanol–water partition coefficient (Wildman–Crippen LogP) is -4.21. The van der Waals surface area contributed by atoms with E-state index in [0.717, 1.165) is 0 Å². The van der Waals surface area contributed by atoms with Crippen molar-refractivity contribution >= 4 is 35.6 Å². The van der Waals surface area contributed by atoms with Gasteiger partial charge in [0.1, 0.15) is 4.32 Å². The van der Waals surface area contributed by atoms with Gasteiger partial charge in [-0.25, -0.2) is 0 Å². The number of carbonyl (C=O) groups excluding carboxylic acids is 1. The summed E-state index contributed by atoms with van der Waals surface area (Å²) in [7, 11) is 1.73. The van der Waals surface area contributed by atoms with Crippen molar-refractivity contribution in [2.45, 2.75) is 0 Å². The van der Waals surface area contributed by atoms with Gasteiger partial charge in [0, 0.05) is 13.5 Å². The molecule has 0 amide bonds. The maximum Gasteiger partial charge on any atom is 1.00 e. The zero-order chi connectivity index (χ0) is 6.99. The zero-order valence-electron chi connectivity index (χ0n) is 5.25. The van der Waals surface area contributed by atoms with Gasteiger partial charge in [0.25, 0.3) is 0 Å². The minimum Gasteiger partial charge on any atom is -0.554 e. The quantitative estimate of drug-likeness (QED) is 0.170. The van der Waals surface area contributed by atoms with Crippen molar-refractivity contribution < 1.29 is 39.5 Å². The monoisotopic (exact) mass is 175 g/mol. The molecule has 1 N–H and O–H groups in total. The Morgan fingerprint density at radius 3 is 2.00 bits per heavy atom. The molecule has 0 saturated carbocycles. The smallest absolute Gasteiger partial charge is 0.554 e.